The number of aliphatic hydroxyl groups is 1. The van der Waals surface area contributed by atoms with Gasteiger partial charge in [-0.15, -0.1) is 0 Å². The van der Waals surface area contributed by atoms with Crippen LogP contribution in [0.15, 0.2) is 52.5 Å². The number of amides is 1. The van der Waals surface area contributed by atoms with Gasteiger partial charge in [-0.25, -0.2) is 9.18 Å². The quantitative estimate of drug-likeness (QED) is 0.351. The largest absolute Gasteiger partial charge is 0.492 e. The number of benzene rings is 2. The lowest BCUT2D eigenvalue weighted by Gasteiger charge is -2.44. The molecule has 10 heteroatoms. The first-order chi connectivity index (χ1) is 18.3. The molecule has 0 radical (unpaired) electrons. The van der Waals surface area contributed by atoms with Crippen molar-refractivity contribution in [1.29, 1.82) is 0 Å². The van der Waals surface area contributed by atoms with Crippen molar-refractivity contribution in [1.82, 2.24) is 15.5 Å². The number of nitrogens with one attached hydrogen (secondary N) is 2. The van der Waals surface area contributed by atoms with E-state index in [1.807, 2.05) is 24.3 Å². The maximum absolute atomic E-state index is 13.4. The summed E-state index contributed by atoms with van der Waals surface area (Å²) in [5.74, 6) is -0.933. The van der Waals surface area contributed by atoms with Crippen LogP contribution < -0.4 is 15.4 Å². The Morgan fingerprint density at radius 1 is 1.16 bits per heavy atom. The number of aliphatic hydroxyl groups excluding tert-OH is 1. The second-order valence-electron chi connectivity index (χ2n) is 10.1. The minimum atomic E-state index is -0.982. The highest BCUT2D eigenvalue weighted by molar-refractivity contribution is 9.10. The lowest BCUT2D eigenvalue weighted by atomic mass is 9.83. The van der Waals surface area contributed by atoms with E-state index >= 15 is 0 Å². The number of carboxylic acid groups (broad SMARTS) is 1. The number of fused-ring (bicyclic) bond motifs is 2. The fourth-order valence-electron chi connectivity index (χ4n) is 5.59. The molecule has 3 heterocycles. The first-order valence-corrected chi connectivity index (χ1v) is 13.7. The minimum absolute atomic E-state index is 0.0406. The number of rotatable bonds is 8. The van der Waals surface area contributed by atoms with Gasteiger partial charge < -0.3 is 30.5 Å². The number of hydrogen-bond donors (Lipinski definition) is 4. The van der Waals surface area contributed by atoms with Gasteiger partial charge >= 0.3 is 5.97 Å². The molecule has 4 N–H and O–H groups in total. The Morgan fingerprint density at radius 2 is 1.95 bits per heavy atom. The van der Waals surface area contributed by atoms with Crippen LogP contribution in [-0.2, 0) is 16.0 Å². The third-order valence-electron chi connectivity index (χ3n) is 7.42. The van der Waals surface area contributed by atoms with Gasteiger partial charge in [0.1, 0.15) is 11.6 Å². The Bertz CT molecular complexity index is 1240. The normalized spacial score (nSPS) is 25.0. The maximum atomic E-state index is 13.4. The summed E-state index contributed by atoms with van der Waals surface area (Å²) < 4.78 is 19.8. The van der Waals surface area contributed by atoms with Crippen LogP contribution in [0.5, 0.6) is 5.75 Å². The highest BCUT2D eigenvalue weighted by Crippen LogP contribution is 2.34. The average Bonchev–Trinajstić information content (AvgIpc) is 3.33. The van der Waals surface area contributed by atoms with Crippen LogP contribution in [0.1, 0.15) is 30.4 Å². The second kappa shape index (κ2) is 11.5. The summed E-state index contributed by atoms with van der Waals surface area (Å²) in [6.45, 7) is 1.62. The molecule has 2 aromatic carbocycles. The van der Waals surface area contributed by atoms with E-state index in [4.69, 9.17) is 4.74 Å². The van der Waals surface area contributed by atoms with Gasteiger partial charge in [0.05, 0.1) is 34.8 Å². The molecule has 1 amide bonds. The smallest absolute Gasteiger partial charge is 0.333 e. The number of nitrogens with zero attached hydrogens (tertiary/aromatic N) is 1. The summed E-state index contributed by atoms with van der Waals surface area (Å²) in [6.07, 6.45) is 1.88. The molecule has 2 bridgehead atoms. The van der Waals surface area contributed by atoms with Crippen molar-refractivity contribution >= 4 is 33.4 Å². The van der Waals surface area contributed by atoms with Crippen molar-refractivity contribution in [2.24, 2.45) is 0 Å². The van der Waals surface area contributed by atoms with E-state index in [9.17, 15) is 24.2 Å². The Balaban J connectivity index is 1.23. The summed E-state index contributed by atoms with van der Waals surface area (Å²) in [4.78, 5) is 27.1. The summed E-state index contributed by atoms with van der Waals surface area (Å²) in [7, 11) is 0. The molecule has 0 aromatic heterocycles. The van der Waals surface area contributed by atoms with E-state index in [-0.39, 0.29) is 24.3 Å². The van der Waals surface area contributed by atoms with E-state index in [1.165, 1.54) is 12.1 Å². The maximum Gasteiger partial charge on any atom is 0.333 e. The Kier molecular flexibility index (Phi) is 8.13. The number of β-amino-alcohol motifs (C(OH)–C–C–N with tert-alkyl or cyclic N) is 1. The van der Waals surface area contributed by atoms with Crippen molar-refractivity contribution in [2.45, 2.75) is 49.9 Å². The molecule has 3 aliphatic rings. The highest BCUT2D eigenvalue weighted by Gasteiger charge is 2.41. The number of carbonyl (C=O) groups is 2. The molecule has 0 unspecified atom stereocenters. The zero-order chi connectivity index (χ0) is 26.8. The number of carboxylic acids is 1. The molecule has 8 nitrogen and oxygen atoms in total. The van der Waals surface area contributed by atoms with Crippen LogP contribution in [0.3, 0.4) is 0 Å². The Hall–Kier alpha value is -2.79. The van der Waals surface area contributed by atoms with E-state index in [1.54, 1.807) is 11.0 Å². The molecule has 2 fully saturated rings. The zero-order valence-electron chi connectivity index (χ0n) is 20.8. The number of aryl methyl sites for hydroxylation is 1. The van der Waals surface area contributed by atoms with Crippen molar-refractivity contribution < 1.29 is 28.9 Å². The van der Waals surface area contributed by atoms with Crippen molar-refractivity contribution in [3.8, 4) is 5.75 Å². The molecule has 4 atom stereocenters. The lowest BCUT2D eigenvalue weighted by molar-refractivity contribution is -0.137. The van der Waals surface area contributed by atoms with Gasteiger partial charge in [-0.05, 0) is 70.4 Å². The highest BCUT2D eigenvalue weighted by atomic mass is 79.9. The van der Waals surface area contributed by atoms with Gasteiger partial charge in [0, 0.05) is 31.7 Å². The summed E-state index contributed by atoms with van der Waals surface area (Å²) in [6, 6.07) is 11.4. The molecular formula is C28H31BrFN3O5. The summed E-state index contributed by atoms with van der Waals surface area (Å²) >= 11 is 3.36. The molecule has 0 spiro atoms. The molecule has 2 aromatic rings. The molecular weight excluding hydrogens is 557 g/mol. The topological polar surface area (TPSA) is 111 Å². The predicted octanol–water partition coefficient (Wildman–Crippen LogP) is 2.73. The van der Waals surface area contributed by atoms with Crippen LogP contribution in [0.2, 0.25) is 0 Å². The third kappa shape index (κ3) is 5.93. The molecule has 5 rings (SSSR count). The van der Waals surface area contributed by atoms with E-state index in [0.29, 0.717) is 48.3 Å². The number of hydrogen-bond acceptors (Lipinski definition) is 6. The van der Waals surface area contributed by atoms with Crippen LogP contribution in [0.25, 0.3) is 5.57 Å². The molecule has 202 valence electrons. The van der Waals surface area contributed by atoms with Crippen LogP contribution in [-0.4, -0.2) is 77.5 Å². The molecule has 38 heavy (non-hydrogen) atoms. The molecule has 0 saturated carbocycles. The summed E-state index contributed by atoms with van der Waals surface area (Å²) in [5, 5.41) is 26.3. The predicted molar refractivity (Wildman–Crippen MR) is 143 cm³/mol. The van der Waals surface area contributed by atoms with Crippen LogP contribution in [0.4, 0.5) is 4.39 Å². The number of halogens is 2. The van der Waals surface area contributed by atoms with Gasteiger partial charge in [0.15, 0.2) is 0 Å². The standard InChI is InChI=1S/C28H31BrFN3O5/c29-22-8-7-18(30)10-25(22)38-9-1-2-16-3-5-17(6-4-16)21-11-19-14-33(15-24(32-19)26(21)28(36)37)27(35)23-12-20(34)13-31-23/h3-8,10,19-20,23-24,31-32,34H,1-2,9,11-15H2,(H,36,37)/t19-,20+,23-,24-/m0/s1. The van der Waals surface area contributed by atoms with E-state index < -0.39 is 24.2 Å². The second-order valence-corrected chi connectivity index (χ2v) is 11.0. The number of aliphatic carboxylic acids is 1. The lowest BCUT2D eigenvalue weighted by Crippen LogP contribution is -2.63. The van der Waals surface area contributed by atoms with Gasteiger partial charge in [-0.3, -0.25) is 4.79 Å². The van der Waals surface area contributed by atoms with Crippen molar-refractivity contribution in [3.63, 3.8) is 0 Å². The molecule has 0 aliphatic carbocycles. The number of carbonyl (C=O) groups excluding carboxylic acids is 1. The SMILES string of the molecule is O=C(O)C1=C(c2ccc(CCCOc3cc(F)ccc3Br)cc2)C[C@H]2CN(C(=O)[C@@H]3C[C@@H](O)CN3)C[C@@H]1N2. The fourth-order valence-corrected chi connectivity index (χ4v) is 5.95. The van der Waals surface area contributed by atoms with Gasteiger partial charge in [-0.2, -0.15) is 0 Å². The first kappa shape index (κ1) is 26.8. The number of ether oxygens (including phenoxy) is 1. The van der Waals surface area contributed by atoms with E-state index in [0.717, 1.165) is 29.5 Å². The molecule has 3 aliphatic heterocycles. The minimum Gasteiger partial charge on any atom is -0.492 e. The van der Waals surface area contributed by atoms with Crippen LogP contribution in [0, 0.1) is 5.82 Å². The van der Waals surface area contributed by atoms with Gasteiger partial charge in [0.25, 0.3) is 0 Å². The first-order valence-electron chi connectivity index (χ1n) is 12.9. The molecule has 2 saturated heterocycles. The number of piperazine rings is 1. The Morgan fingerprint density at radius 3 is 2.66 bits per heavy atom. The van der Waals surface area contributed by atoms with E-state index in [2.05, 4.69) is 26.6 Å². The van der Waals surface area contributed by atoms with Gasteiger partial charge in [-0.1, -0.05) is 24.3 Å². The zero-order valence-corrected chi connectivity index (χ0v) is 22.4. The van der Waals surface area contributed by atoms with Gasteiger partial charge in [0.2, 0.25) is 5.91 Å². The monoisotopic (exact) mass is 587 g/mol. The fraction of sp³-hybridized carbons (Fsp3) is 0.429. The third-order valence-corrected chi connectivity index (χ3v) is 8.07. The van der Waals surface area contributed by atoms with Crippen molar-refractivity contribution in [3.05, 3.63) is 69.5 Å². The summed E-state index contributed by atoms with van der Waals surface area (Å²) in [5.41, 5.74) is 3.09. The van der Waals surface area contributed by atoms with Crippen LogP contribution >= 0.6 is 15.9 Å². The average molecular weight is 588 g/mol. The Labute approximate surface area is 229 Å². The van der Waals surface area contributed by atoms with Crippen molar-refractivity contribution in [2.75, 3.05) is 26.2 Å².